The summed E-state index contributed by atoms with van der Waals surface area (Å²) < 4.78 is 5.51. The van der Waals surface area contributed by atoms with Gasteiger partial charge >= 0.3 is 0 Å². The van der Waals surface area contributed by atoms with Crippen LogP contribution in [-0.2, 0) is 4.74 Å². The Kier molecular flexibility index (Phi) is 5.23. The summed E-state index contributed by atoms with van der Waals surface area (Å²) in [6, 6.07) is 8.10. The summed E-state index contributed by atoms with van der Waals surface area (Å²) >= 11 is 5.77. The Morgan fingerprint density at radius 3 is 2.67 bits per heavy atom. The first-order valence-corrected chi connectivity index (χ1v) is 9.60. The van der Waals surface area contributed by atoms with E-state index >= 15 is 0 Å². The van der Waals surface area contributed by atoms with Gasteiger partial charge in [-0.3, -0.25) is 29.4 Å². The monoisotopic (exact) mass is 429 g/mol. The standard InChI is InChI=1S/C20H16ClN3O6/c21-16-6-3-11(8-17(16)24(28)29)18(25)22-12-4-5-14-15(9-12)20(27)23(19(14)26)10-13-2-1-7-30-13/h3-6,8-9,13H,1-2,7,10H2,(H,22,25). The van der Waals surface area contributed by atoms with E-state index < -0.39 is 22.6 Å². The molecular weight excluding hydrogens is 414 g/mol. The van der Waals surface area contributed by atoms with Crippen molar-refractivity contribution in [2.24, 2.45) is 0 Å². The lowest BCUT2D eigenvalue weighted by molar-refractivity contribution is -0.384. The maximum atomic E-state index is 12.7. The third-order valence-electron chi connectivity index (χ3n) is 5.04. The largest absolute Gasteiger partial charge is 0.376 e. The lowest BCUT2D eigenvalue weighted by Gasteiger charge is -2.17. The number of imide groups is 1. The highest BCUT2D eigenvalue weighted by Gasteiger charge is 2.37. The van der Waals surface area contributed by atoms with Crippen molar-refractivity contribution in [2.45, 2.75) is 18.9 Å². The van der Waals surface area contributed by atoms with Crippen molar-refractivity contribution in [1.29, 1.82) is 0 Å². The molecule has 1 N–H and O–H groups in total. The lowest BCUT2D eigenvalue weighted by Crippen LogP contribution is -2.36. The van der Waals surface area contributed by atoms with Gasteiger partial charge in [0.05, 0.1) is 28.7 Å². The normalized spacial score (nSPS) is 17.9. The minimum Gasteiger partial charge on any atom is -0.376 e. The number of nitrogens with one attached hydrogen (secondary N) is 1. The number of amides is 3. The minimum absolute atomic E-state index is 0.0361. The fourth-order valence-corrected chi connectivity index (χ4v) is 3.71. The predicted octanol–water partition coefficient (Wildman–Crippen LogP) is 3.28. The van der Waals surface area contributed by atoms with Gasteiger partial charge in [-0.1, -0.05) is 11.6 Å². The zero-order chi connectivity index (χ0) is 21.4. The van der Waals surface area contributed by atoms with E-state index in [0.29, 0.717) is 6.61 Å². The van der Waals surface area contributed by atoms with E-state index in [-0.39, 0.29) is 45.7 Å². The molecule has 0 radical (unpaired) electrons. The van der Waals surface area contributed by atoms with Crippen LogP contribution in [0.5, 0.6) is 0 Å². The Hall–Kier alpha value is -3.30. The molecule has 10 heteroatoms. The van der Waals surface area contributed by atoms with E-state index in [0.717, 1.165) is 23.8 Å². The van der Waals surface area contributed by atoms with Crippen LogP contribution in [0.3, 0.4) is 0 Å². The van der Waals surface area contributed by atoms with Gasteiger partial charge in [-0.15, -0.1) is 0 Å². The van der Waals surface area contributed by atoms with Crippen molar-refractivity contribution in [1.82, 2.24) is 4.90 Å². The van der Waals surface area contributed by atoms with E-state index in [1.165, 1.54) is 30.3 Å². The number of fused-ring (bicyclic) bond motifs is 1. The first kappa shape index (κ1) is 20.0. The van der Waals surface area contributed by atoms with Crippen LogP contribution < -0.4 is 5.32 Å². The van der Waals surface area contributed by atoms with Gasteiger partial charge in [0, 0.05) is 23.9 Å². The Morgan fingerprint density at radius 1 is 1.20 bits per heavy atom. The van der Waals surface area contributed by atoms with Gasteiger partial charge in [0.2, 0.25) is 0 Å². The quantitative estimate of drug-likeness (QED) is 0.442. The second-order valence-electron chi connectivity index (χ2n) is 6.99. The van der Waals surface area contributed by atoms with E-state index in [9.17, 15) is 24.5 Å². The summed E-state index contributed by atoms with van der Waals surface area (Å²) in [6.45, 7) is 0.815. The first-order chi connectivity index (χ1) is 14.3. The molecule has 0 spiro atoms. The molecule has 4 rings (SSSR count). The maximum absolute atomic E-state index is 12.7. The topological polar surface area (TPSA) is 119 Å². The SMILES string of the molecule is O=C(Nc1ccc2c(c1)C(=O)N(CC1CCCO1)C2=O)c1ccc(Cl)c([N+](=O)[O-])c1. The zero-order valence-corrected chi connectivity index (χ0v) is 16.3. The number of hydrogen-bond donors (Lipinski definition) is 1. The average molecular weight is 430 g/mol. The molecule has 2 aliphatic rings. The molecule has 2 aliphatic heterocycles. The van der Waals surface area contributed by atoms with Gasteiger partial charge in [-0.2, -0.15) is 0 Å². The van der Waals surface area contributed by atoms with E-state index in [2.05, 4.69) is 5.32 Å². The molecule has 2 aromatic rings. The summed E-state index contributed by atoms with van der Waals surface area (Å²) in [7, 11) is 0. The number of halogens is 1. The molecule has 0 saturated carbocycles. The second-order valence-corrected chi connectivity index (χ2v) is 7.40. The molecule has 3 amide bonds. The van der Waals surface area contributed by atoms with Crippen LogP contribution in [0.25, 0.3) is 0 Å². The zero-order valence-electron chi connectivity index (χ0n) is 15.6. The van der Waals surface area contributed by atoms with Gasteiger partial charge < -0.3 is 10.1 Å². The summed E-state index contributed by atoms with van der Waals surface area (Å²) in [4.78, 5) is 49.3. The average Bonchev–Trinajstić information content (AvgIpc) is 3.31. The number of nitrogens with zero attached hydrogens (tertiary/aromatic N) is 2. The highest BCUT2D eigenvalue weighted by Crippen LogP contribution is 2.29. The van der Waals surface area contributed by atoms with Gasteiger partial charge in [0.15, 0.2) is 0 Å². The van der Waals surface area contributed by atoms with Crippen molar-refractivity contribution < 1.29 is 24.0 Å². The summed E-state index contributed by atoms with van der Waals surface area (Å²) in [5, 5.41) is 13.5. The predicted molar refractivity (Wildman–Crippen MR) is 107 cm³/mol. The summed E-state index contributed by atoms with van der Waals surface area (Å²) in [5.41, 5.74) is 0.394. The van der Waals surface area contributed by atoms with Crippen LogP contribution >= 0.6 is 11.6 Å². The molecular formula is C20H16ClN3O6. The summed E-state index contributed by atoms with van der Waals surface area (Å²) in [5.74, 6) is -1.44. The van der Waals surface area contributed by atoms with Crippen LogP contribution in [0.2, 0.25) is 5.02 Å². The molecule has 1 fully saturated rings. The molecule has 0 bridgehead atoms. The van der Waals surface area contributed by atoms with Crippen molar-refractivity contribution in [3.05, 3.63) is 68.2 Å². The van der Waals surface area contributed by atoms with Crippen LogP contribution in [0.1, 0.15) is 43.9 Å². The second kappa shape index (κ2) is 7.85. The fraction of sp³-hybridized carbons (Fsp3) is 0.250. The fourth-order valence-electron chi connectivity index (χ4n) is 3.52. The van der Waals surface area contributed by atoms with Crippen LogP contribution in [0, 0.1) is 10.1 Å². The number of rotatable bonds is 5. The molecule has 30 heavy (non-hydrogen) atoms. The number of nitro groups is 1. The van der Waals surface area contributed by atoms with E-state index in [4.69, 9.17) is 16.3 Å². The number of carbonyl (C=O) groups is 3. The molecule has 1 unspecified atom stereocenters. The van der Waals surface area contributed by atoms with Gasteiger partial charge in [-0.25, -0.2) is 0 Å². The Balaban J connectivity index is 1.53. The summed E-state index contributed by atoms with van der Waals surface area (Å²) in [6.07, 6.45) is 1.53. The molecule has 9 nitrogen and oxygen atoms in total. The van der Waals surface area contributed by atoms with Crippen molar-refractivity contribution >= 4 is 40.7 Å². The molecule has 1 atom stereocenters. The number of carbonyl (C=O) groups excluding carboxylic acids is 3. The Bertz CT molecular complexity index is 1080. The van der Waals surface area contributed by atoms with Gasteiger partial charge in [0.25, 0.3) is 23.4 Å². The Morgan fingerprint density at radius 2 is 1.97 bits per heavy atom. The third-order valence-corrected chi connectivity index (χ3v) is 5.36. The van der Waals surface area contributed by atoms with E-state index in [1.54, 1.807) is 0 Å². The van der Waals surface area contributed by atoms with Gasteiger partial charge in [0.1, 0.15) is 5.02 Å². The number of anilines is 1. The van der Waals surface area contributed by atoms with Crippen molar-refractivity contribution in [2.75, 3.05) is 18.5 Å². The van der Waals surface area contributed by atoms with Crippen LogP contribution in [-0.4, -0.2) is 46.8 Å². The smallest absolute Gasteiger partial charge is 0.288 e. The van der Waals surface area contributed by atoms with Crippen LogP contribution in [0.4, 0.5) is 11.4 Å². The van der Waals surface area contributed by atoms with Crippen molar-refractivity contribution in [3.8, 4) is 0 Å². The molecule has 0 aromatic heterocycles. The number of benzene rings is 2. The maximum Gasteiger partial charge on any atom is 0.288 e. The lowest BCUT2D eigenvalue weighted by atomic mass is 10.1. The Labute approximate surface area is 175 Å². The van der Waals surface area contributed by atoms with Crippen molar-refractivity contribution in [3.63, 3.8) is 0 Å². The van der Waals surface area contributed by atoms with Crippen LogP contribution in [0.15, 0.2) is 36.4 Å². The molecule has 154 valence electrons. The number of nitro benzene ring substituents is 1. The molecule has 0 aliphatic carbocycles. The molecule has 2 heterocycles. The highest BCUT2D eigenvalue weighted by atomic mass is 35.5. The number of hydrogen-bond acceptors (Lipinski definition) is 6. The van der Waals surface area contributed by atoms with Gasteiger partial charge in [-0.05, 0) is 43.2 Å². The molecule has 1 saturated heterocycles. The van der Waals surface area contributed by atoms with E-state index in [1.807, 2.05) is 0 Å². The minimum atomic E-state index is -0.679. The number of ether oxygens (including phenoxy) is 1. The highest BCUT2D eigenvalue weighted by molar-refractivity contribution is 6.32. The first-order valence-electron chi connectivity index (χ1n) is 9.22. The molecule has 2 aromatic carbocycles. The third kappa shape index (κ3) is 3.64.